The first-order valence-electron chi connectivity index (χ1n) is 15.0. The molecule has 9 nitrogen and oxygen atoms in total. The van der Waals surface area contributed by atoms with Crippen LogP contribution >= 0.6 is 0 Å². The van der Waals surface area contributed by atoms with Gasteiger partial charge in [-0.15, -0.1) is 0 Å². The average Bonchev–Trinajstić information content (AvgIpc) is 2.99. The number of nitrogens with one attached hydrogen (secondary N) is 2. The topological polar surface area (TPSA) is 132 Å². The second kappa shape index (κ2) is 19.3. The summed E-state index contributed by atoms with van der Waals surface area (Å²) in [4.78, 5) is 26.5. The van der Waals surface area contributed by atoms with Gasteiger partial charge in [0.1, 0.15) is 11.8 Å². The highest BCUT2D eigenvalue weighted by atomic mass is 16.5. The van der Waals surface area contributed by atoms with Crippen LogP contribution in [0.3, 0.4) is 0 Å². The smallest absolute Gasteiger partial charge is 0.243 e. The lowest BCUT2D eigenvalue weighted by Crippen LogP contribution is -2.52. The molecule has 0 bridgehead atoms. The number of ether oxygens (including phenoxy) is 3. The monoisotopic (exact) mass is 585 g/mol. The van der Waals surface area contributed by atoms with E-state index >= 15 is 0 Å². The Bertz CT molecular complexity index is 1050. The van der Waals surface area contributed by atoms with Crippen molar-refractivity contribution in [3.63, 3.8) is 0 Å². The SMILES string of the molecule is CC[C@H](C)[C@H](NC(=O)[C@@H](C[C@H](O)[C@@H](N)COCc1cccc(OCCCOC)c1)C(C)C)C(=O)NCc1ccccc1. The number of methoxy groups -OCH3 is 1. The molecule has 5 N–H and O–H groups in total. The molecule has 2 rings (SSSR count). The molecule has 2 aromatic carbocycles. The minimum absolute atomic E-state index is 0.0626. The second-order valence-electron chi connectivity index (χ2n) is 11.2. The molecule has 0 aliphatic heterocycles. The number of benzene rings is 2. The Morgan fingerprint density at radius 2 is 1.69 bits per heavy atom. The van der Waals surface area contributed by atoms with Crippen LogP contribution in [0.1, 0.15) is 58.1 Å². The van der Waals surface area contributed by atoms with Crippen LogP contribution in [0.15, 0.2) is 54.6 Å². The van der Waals surface area contributed by atoms with E-state index in [0.29, 0.717) is 26.4 Å². The lowest BCUT2D eigenvalue weighted by atomic mass is 9.86. The fraction of sp³-hybridized carbons (Fsp3) is 0.576. The molecule has 0 fully saturated rings. The zero-order valence-electron chi connectivity index (χ0n) is 25.9. The van der Waals surface area contributed by atoms with Crippen LogP contribution in [0.25, 0.3) is 0 Å². The van der Waals surface area contributed by atoms with Gasteiger partial charge < -0.3 is 35.7 Å². The van der Waals surface area contributed by atoms with Gasteiger partial charge in [-0.25, -0.2) is 0 Å². The van der Waals surface area contributed by atoms with Crippen molar-refractivity contribution >= 4 is 11.8 Å². The van der Waals surface area contributed by atoms with E-state index in [1.165, 1.54) is 0 Å². The molecule has 2 aromatic rings. The highest BCUT2D eigenvalue weighted by molar-refractivity contribution is 5.88. The molecule has 42 heavy (non-hydrogen) atoms. The molecular weight excluding hydrogens is 534 g/mol. The summed E-state index contributed by atoms with van der Waals surface area (Å²) in [6.07, 6.45) is 0.744. The lowest BCUT2D eigenvalue weighted by molar-refractivity contribution is -0.134. The summed E-state index contributed by atoms with van der Waals surface area (Å²) in [5.74, 6) is -0.381. The van der Waals surface area contributed by atoms with Crippen molar-refractivity contribution in [1.82, 2.24) is 10.6 Å². The van der Waals surface area contributed by atoms with Gasteiger partial charge >= 0.3 is 0 Å². The standard InChI is InChI=1S/C33H51N3O6/c1-6-24(4)31(33(39)35-20-25-12-8-7-9-13-25)36-32(38)28(23(2)3)19-30(37)29(34)22-41-21-26-14-10-15-27(18-26)42-17-11-16-40-5/h7-10,12-15,18,23-24,28-31,37H,6,11,16-17,19-22,34H2,1-5H3,(H,35,39)(H,36,38)/t24-,28-,29-,30-,31-/m0/s1. The van der Waals surface area contributed by atoms with Crippen molar-refractivity contribution in [1.29, 1.82) is 0 Å². The van der Waals surface area contributed by atoms with E-state index < -0.39 is 24.1 Å². The van der Waals surface area contributed by atoms with Crippen molar-refractivity contribution in [3.8, 4) is 5.75 Å². The lowest BCUT2D eigenvalue weighted by Gasteiger charge is -2.29. The minimum Gasteiger partial charge on any atom is -0.493 e. The van der Waals surface area contributed by atoms with Gasteiger partial charge in [0.15, 0.2) is 0 Å². The van der Waals surface area contributed by atoms with Gasteiger partial charge in [0.2, 0.25) is 11.8 Å². The molecule has 0 aliphatic carbocycles. The third kappa shape index (κ3) is 12.5. The van der Waals surface area contributed by atoms with Gasteiger partial charge in [-0.05, 0) is 41.5 Å². The Hall–Kier alpha value is -2.98. The third-order valence-electron chi connectivity index (χ3n) is 7.47. The number of rotatable bonds is 20. The van der Waals surface area contributed by atoms with Gasteiger partial charge in [0, 0.05) is 32.6 Å². The normalized spacial score (nSPS) is 15.0. The molecule has 0 aromatic heterocycles. The molecule has 0 heterocycles. The van der Waals surface area contributed by atoms with Crippen LogP contribution in [0.5, 0.6) is 5.75 Å². The summed E-state index contributed by atoms with van der Waals surface area (Å²) in [5.41, 5.74) is 8.18. The molecule has 0 saturated carbocycles. The Morgan fingerprint density at radius 3 is 2.36 bits per heavy atom. The zero-order chi connectivity index (χ0) is 30.9. The van der Waals surface area contributed by atoms with Crippen LogP contribution in [0, 0.1) is 17.8 Å². The van der Waals surface area contributed by atoms with Gasteiger partial charge in [0.25, 0.3) is 0 Å². The van der Waals surface area contributed by atoms with Crippen LogP contribution < -0.4 is 21.1 Å². The van der Waals surface area contributed by atoms with Gasteiger partial charge in [-0.1, -0.05) is 76.6 Å². The molecule has 0 saturated heterocycles. The molecule has 0 spiro atoms. The van der Waals surface area contributed by atoms with Crippen molar-refractivity contribution in [2.24, 2.45) is 23.5 Å². The van der Waals surface area contributed by atoms with E-state index in [1.807, 2.05) is 82.3 Å². The van der Waals surface area contributed by atoms with E-state index in [1.54, 1.807) is 7.11 Å². The van der Waals surface area contributed by atoms with E-state index in [9.17, 15) is 14.7 Å². The molecule has 5 atom stereocenters. The second-order valence-corrected chi connectivity index (χ2v) is 11.2. The molecule has 2 amide bonds. The van der Waals surface area contributed by atoms with Crippen LogP contribution in [-0.4, -0.2) is 62.0 Å². The Balaban J connectivity index is 1.89. The molecule has 234 valence electrons. The predicted octanol–water partition coefficient (Wildman–Crippen LogP) is 3.82. The quantitative estimate of drug-likeness (QED) is 0.174. The van der Waals surface area contributed by atoms with Gasteiger partial charge in [-0.2, -0.15) is 0 Å². The Kier molecular flexibility index (Phi) is 16.1. The van der Waals surface area contributed by atoms with Gasteiger partial charge in [-0.3, -0.25) is 9.59 Å². The maximum absolute atomic E-state index is 13.4. The number of carbonyl (C=O) groups excluding carboxylic acids is 2. The number of aliphatic hydroxyl groups excluding tert-OH is 1. The summed E-state index contributed by atoms with van der Waals surface area (Å²) >= 11 is 0. The van der Waals surface area contributed by atoms with Crippen molar-refractivity contribution < 1.29 is 28.9 Å². The largest absolute Gasteiger partial charge is 0.493 e. The maximum atomic E-state index is 13.4. The Labute approximate surface area is 251 Å². The Morgan fingerprint density at radius 1 is 0.976 bits per heavy atom. The first-order valence-corrected chi connectivity index (χ1v) is 15.0. The molecule has 0 unspecified atom stereocenters. The van der Waals surface area contributed by atoms with E-state index in [-0.39, 0.29) is 36.7 Å². The van der Waals surface area contributed by atoms with E-state index in [2.05, 4.69) is 10.6 Å². The summed E-state index contributed by atoms with van der Waals surface area (Å²) in [6, 6.07) is 15.9. The first kappa shape index (κ1) is 35.2. The first-order chi connectivity index (χ1) is 20.2. The number of hydrogen-bond donors (Lipinski definition) is 4. The van der Waals surface area contributed by atoms with Crippen LogP contribution in [0.2, 0.25) is 0 Å². The minimum atomic E-state index is -0.951. The summed E-state index contributed by atoms with van der Waals surface area (Å²) in [6.45, 7) is 9.83. The number of aliphatic hydroxyl groups is 1. The fourth-order valence-electron chi connectivity index (χ4n) is 4.52. The molecular formula is C33H51N3O6. The summed E-state index contributed by atoms with van der Waals surface area (Å²) < 4.78 is 16.6. The van der Waals surface area contributed by atoms with Gasteiger partial charge in [0.05, 0.1) is 32.0 Å². The number of amides is 2. The van der Waals surface area contributed by atoms with Crippen molar-refractivity contribution in [2.75, 3.05) is 26.9 Å². The van der Waals surface area contributed by atoms with Crippen LogP contribution in [0.4, 0.5) is 0 Å². The number of hydrogen-bond acceptors (Lipinski definition) is 7. The summed E-state index contributed by atoms with van der Waals surface area (Å²) in [7, 11) is 1.66. The average molecular weight is 586 g/mol. The molecule has 0 aliphatic rings. The zero-order valence-corrected chi connectivity index (χ0v) is 25.9. The predicted molar refractivity (Wildman–Crippen MR) is 165 cm³/mol. The van der Waals surface area contributed by atoms with Crippen molar-refractivity contribution in [2.45, 2.75) is 78.3 Å². The number of carbonyl (C=O) groups is 2. The van der Waals surface area contributed by atoms with Crippen molar-refractivity contribution in [3.05, 3.63) is 65.7 Å². The van der Waals surface area contributed by atoms with E-state index in [4.69, 9.17) is 19.9 Å². The third-order valence-corrected chi connectivity index (χ3v) is 7.47. The highest BCUT2D eigenvalue weighted by Crippen LogP contribution is 2.21. The maximum Gasteiger partial charge on any atom is 0.243 e. The van der Waals surface area contributed by atoms with E-state index in [0.717, 1.165) is 29.7 Å². The fourth-order valence-corrected chi connectivity index (χ4v) is 4.52. The summed E-state index contributed by atoms with van der Waals surface area (Å²) in [5, 5.41) is 16.8. The molecule has 0 radical (unpaired) electrons. The highest BCUT2D eigenvalue weighted by Gasteiger charge is 2.32. The molecule has 9 heteroatoms. The number of nitrogens with two attached hydrogens (primary N) is 1. The van der Waals surface area contributed by atoms with Crippen LogP contribution in [-0.2, 0) is 32.2 Å².